The van der Waals surface area contributed by atoms with E-state index in [1.165, 1.54) is 44.9 Å². The van der Waals surface area contributed by atoms with Crippen molar-refractivity contribution >= 4 is 5.91 Å². The van der Waals surface area contributed by atoms with Crippen molar-refractivity contribution in [2.75, 3.05) is 0 Å². The number of nitrogens with one attached hydrogen (secondary N) is 1. The minimum absolute atomic E-state index is 0.0518. The molecule has 0 radical (unpaired) electrons. The largest absolute Gasteiger partial charge is 0.393 e. The van der Waals surface area contributed by atoms with E-state index in [0.717, 1.165) is 36.5 Å². The zero-order chi connectivity index (χ0) is 17.1. The summed E-state index contributed by atoms with van der Waals surface area (Å²) < 4.78 is 0. The van der Waals surface area contributed by atoms with Crippen LogP contribution in [0.5, 0.6) is 0 Å². The highest BCUT2D eigenvalue weighted by Crippen LogP contribution is 2.66. The molecule has 4 fully saturated rings. The van der Waals surface area contributed by atoms with E-state index in [1.807, 2.05) is 0 Å². The van der Waals surface area contributed by atoms with Crippen LogP contribution in [0.1, 0.15) is 78.6 Å². The monoisotopic (exact) mass is 333 g/mol. The van der Waals surface area contributed by atoms with Crippen LogP contribution in [0.15, 0.2) is 0 Å². The van der Waals surface area contributed by atoms with E-state index in [4.69, 9.17) is 0 Å². The number of hydrogen-bond acceptors (Lipinski definition) is 2. The van der Waals surface area contributed by atoms with Gasteiger partial charge in [-0.1, -0.05) is 13.8 Å². The average Bonchev–Trinajstić information content (AvgIpc) is 2.84. The lowest BCUT2D eigenvalue weighted by molar-refractivity contribution is -0.129. The summed E-state index contributed by atoms with van der Waals surface area (Å²) in [6, 6.07) is 0.389. The first kappa shape index (κ1) is 16.9. The molecule has 24 heavy (non-hydrogen) atoms. The van der Waals surface area contributed by atoms with Gasteiger partial charge in [-0.05, 0) is 92.3 Å². The Hall–Kier alpha value is -0.570. The molecule has 4 rings (SSSR count). The van der Waals surface area contributed by atoms with E-state index in [9.17, 15) is 9.90 Å². The molecular formula is C21H35NO2. The third-order valence-corrected chi connectivity index (χ3v) is 9.02. The van der Waals surface area contributed by atoms with Crippen molar-refractivity contribution in [2.45, 2.75) is 90.7 Å². The van der Waals surface area contributed by atoms with Crippen LogP contribution < -0.4 is 5.32 Å². The first-order valence-corrected chi connectivity index (χ1v) is 10.3. The molecule has 4 aliphatic rings. The molecule has 1 amide bonds. The summed E-state index contributed by atoms with van der Waals surface area (Å²) in [5.74, 6) is 3.36. The highest BCUT2D eigenvalue weighted by atomic mass is 16.3. The maximum absolute atomic E-state index is 11.6. The van der Waals surface area contributed by atoms with Gasteiger partial charge in [-0.2, -0.15) is 0 Å². The van der Waals surface area contributed by atoms with Crippen LogP contribution in [0.25, 0.3) is 0 Å². The number of hydrogen-bond donors (Lipinski definition) is 2. The Morgan fingerprint density at radius 2 is 1.67 bits per heavy atom. The lowest BCUT2D eigenvalue weighted by atomic mass is 9.45. The Labute approximate surface area is 147 Å². The molecular weight excluding hydrogens is 298 g/mol. The first-order valence-electron chi connectivity index (χ1n) is 10.3. The van der Waals surface area contributed by atoms with E-state index in [0.29, 0.717) is 16.9 Å². The standard InChI is InChI=1S/C21H35NO2/c1-13(23)22-19-7-6-17-16-5-4-14-12-15(24)8-10-20(14,2)18(16)9-11-21(17,19)3/h14-19,24H,4-12H2,1-3H3,(H,22,23)/t14-,15?,16-,17-,18-,19?,20-,21-/m0/s1. The normalized spacial score (nSPS) is 53.7. The van der Waals surface area contributed by atoms with E-state index in [2.05, 4.69) is 19.2 Å². The van der Waals surface area contributed by atoms with Gasteiger partial charge in [-0.15, -0.1) is 0 Å². The van der Waals surface area contributed by atoms with E-state index >= 15 is 0 Å². The number of amides is 1. The number of aliphatic hydroxyl groups is 1. The van der Waals surface area contributed by atoms with Crippen LogP contribution >= 0.6 is 0 Å². The van der Waals surface area contributed by atoms with Crippen molar-refractivity contribution in [3.63, 3.8) is 0 Å². The third kappa shape index (κ3) is 2.37. The molecule has 4 saturated carbocycles. The Balaban J connectivity index is 1.57. The molecule has 3 nitrogen and oxygen atoms in total. The van der Waals surface area contributed by atoms with Crippen LogP contribution in [0, 0.1) is 34.5 Å². The summed E-state index contributed by atoms with van der Waals surface area (Å²) in [7, 11) is 0. The van der Waals surface area contributed by atoms with Gasteiger partial charge >= 0.3 is 0 Å². The minimum atomic E-state index is -0.0518. The first-order chi connectivity index (χ1) is 11.3. The van der Waals surface area contributed by atoms with Gasteiger partial charge < -0.3 is 10.4 Å². The Bertz CT molecular complexity index is 520. The maximum atomic E-state index is 11.6. The smallest absolute Gasteiger partial charge is 0.217 e. The van der Waals surface area contributed by atoms with Gasteiger partial charge in [0.25, 0.3) is 0 Å². The van der Waals surface area contributed by atoms with Crippen molar-refractivity contribution in [3.8, 4) is 0 Å². The van der Waals surface area contributed by atoms with Crippen LogP contribution in [-0.4, -0.2) is 23.2 Å². The Morgan fingerprint density at radius 3 is 2.42 bits per heavy atom. The SMILES string of the molecule is CC(=O)NC1CC[C@H]2[C@@H]3CC[C@H]4CC(O)CC[C@]4(C)[C@H]3CC[C@]12C. The fourth-order valence-electron chi connectivity index (χ4n) is 7.72. The Kier molecular flexibility index (Phi) is 4.02. The summed E-state index contributed by atoms with van der Waals surface area (Å²) in [5, 5.41) is 13.4. The summed E-state index contributed by atoms with van der Waals surface area (Å²) in [5.41, 5.74) is 0.764. The predicted octanol–water partition coefficient (Wildman–Crippen LogP) is 3.89. The zero-order valence-corrected chi connectivity index (χ0v) is 15.7. The highest BCUT2D eigenvalue weighted by Gasteiger charge is 2.60. The highest BCUT2D eigenvalue weighted by molar-refractivity contribution is 5.73. The molecule has 0 aromatic rings. The van der Waals surface area contributed by atoms with Gasteiger partial charge in [0.15, 0.2) is 0 Å². The molecule has 0 saturated heterocycles. The van der Waals surface area contributed by atoms with Crippen molar-refractivity contribution in [1.82, 2.24) is 5.32 Å². The second-order valence-electron chi connectivity index (χ2n) is 9.96. The summed E-state index contributed by atoms with van der Waals surface area (Å²) in [4.78, 5) is 11.6. The fraction of sp³-hybridized carbons (Fsp3) is 0.952. The molecule has 0 heterocycles. The second-order valence-corrected chi connectivity index (χ2v) is 9.96. The van der Waals surface area contributed by atoms with Gasteiger partial charge in [-0.3, -0.25) is 4.79 Å². The molecule has 136 valence electrons. The van der Waals surface area contributed by atoms with Gasteiger partial charge in [0, 0.05) is 13.0 Å². The molecule has 2 N–H and O–H groups in total. The van der Waals surface area contributed by atoms with E-state index < -0.39 is 0 Å². The second kappa shape index (κ2) is 5.72. The van der Waals surface area contributed by atoms with Crippen LogP contribution in [-0.2, 0) is 4.79 Å². The van der Waals surface area contributed by atoms with Crippen molar-refractivity contribution in [3.05, 3.63) is 0 Å². The van der Waals surface area contributed by atoms with Crippen molar-refractivity contribution in [2.24, 2.45) is 34.5 Å². The minimum Gasteiger partial charge on any atom is -0.393 e. The quantitative estimate of drug-likeness (QED) is 0.765. The topological polar surface area (TPSA) is 49.3 Å². The van der Waals surface area contributed by atoms with E-state index in [-0.39, 0.29) is 12.0 Å². The van der Waals surface area contributed by atoms with Crippen molar-refractivity contribution in [1.29, 1.82) is 0 Å². The number of carbonyl (C=O) groups is 1. The molecule has 0 aliphatic heterocycles. The molecule has 0 bridgehead atoms. The molecule has 0 aromatic heterocycles. The molecule has 4 aliphatic carbocycles. The number of aliphatic hydroxyl groups excluding tert-OH is 1. The van der Waals surface area contributed by atoms with Crippen LogP contribution in [0.3, 0.4) is 0 Å². The summed E-state index contributed by atoms with van der Waals surface area (Å²) in [6.45, 7) is 6.67. The lowest BCUT2D eigenvalue weighted by Crippen LogP contribution is -2.56. The van der Waals surface area contributed by atoms with Gasteiger partial charge in [0.05, 0.1) is 6.10 Å². The number of carbonyl (C=O) groups excluding carboxylic acids is 1. The Morgan fingerprint density at radius 1 is 0.958 bits per heavy atom. The molecule has 2 unspecified atom stereocenters. The van der Waals surface area contributed by atoms with E-state index in [1.54, 1.807) is 6.92 Å². The maximum Gasteiger partial charge on any atom is 0.217 e. The number of fused-ring (bicyclic) bond motifs is 5. The third-order valence-electron chi connectivity index (χ3n) is 9.02. The molecule has 8 atom stereocenters. The van der Waals surface area contributed by atoms with Gasteiger partial charge in [0.1, 0.15) is 0 Å². The lowest BCUT2D eigenvalue weighted by Gasteiger charge is -2.60. The molecule has 0 aromatic carbocycles. The predicted molar refractivity (Wildman–Crippen MR) is 95.3 cm³/mol. The average molecular weight is 334 g/mol. The fourth-order valence-corrected chi connectivity index (χ4v) is 7.72. The van der Waals surface area contributed by atoms with Crippen LogP contribution in [0.2, 0.25) is 0 Å². The van der Waals surface area contributed by atoms with Gasteiger partial charge in [-0.25, -0.2) is 0 Å². The number of rotatable bonds is 1. The van der Waals surface area contributed by atoms with Crippen LogP contribution in [0.4, 0.5) is 0 Å². The molecule has 3 heteroatoms. The van der Waals surface area contributed by atoms with Crippen molar-refractivity contribution < 1.29 is 9.90 Å². The summed E-state index contributed by atoms with van der Waals surface area (Å²) in [6.07, 6.45) is 10.9. The molecule has 0 spiro atoms. The zero-order valence-electron chi connectivity index (χ0n) is 15.7. The summed E-state index contributed by atoms with van der Waals surface area (Å²) >= 11 is 0. The van der Waals surface area contributed by atoms with Gasteiger partial charge in [0.2, 0.25) is 5.91 Å².